The number of methoxy groups -OCH3 is 2. The molecule has 5 nitrogen and oxygen atoms in total. The van der Waals surface area contributed by atoms with Gasteiger partial charge < -0.3 is 14.4 Å². The number of hydrogen-bond acceptors (Lipinski definition) is 5. The Kier molecular flexibility index (Phi) is 5.34. The van der Waals surface area contributed by atoms with Crippen LogP contribution in [0.15, 0.2) is 11.6 Å². The number of ether oxygens (including phenoxy) is 2. The zero-order valence-corrected chi connectivity index (χ0v) is 11.4. The van der Waals surface area contributed by atoms with Crippen LogP contribution in [0.4, 0.5) is 0 Å². The van der Waals surface area contributed by atoms with Gasteiger partial charge in [-0.3, -0.25) is 9.59 Å². The Bertz CT molecular complexity index is 349. The van der Waals surface area contributed by atoms with E-state index in [1.54, 1.807) is 0 Å². The van der Waals surface area contributed by atoms with E-state index < -0.39 is 11.8 Å². The standard InChI is InChI=1S/C13H21NO4/c1-14(2)8-9-5-6-10(12(15)17-3)11(7-9)13(16)18-4/h5,10-11H,6-8H2,1-4H3/t10-,11-/m1/s1. The zero-order chi connectivity index (χ0) is 13.7. The summed E-state index contributed by atoms with van der Waals surface area (Å²) in [4.78, 5) is 25.5. The van der Waals surface area contributed by atoms with Crippen LogP contribution in [-0.4, -0.2) is 51.7 Å². The number of carbonyl (C=O) groups excluding carboxylic acids is 2. The van der Waals surface area contributed by atoms with Gasteiger partial charge in [-0.05, 0) is 26.9 Å². The van der Waals surface area contributed by atoms with Crippen molar-refractivity contribution in [2.45, 2.75) is 12.8 Å². The minimum absolute atomic E-state index is 0.338. The van der Waals surface area contributed by atoms with Gasteiger partial charge in [0.2, 0.25) is 0 Å². The third-order valence-corrected chi connectivity index (χ3v) is 3.16. The van der Waals surface area contributed by atoms with Crippen molar-refractivity contribution in [2.24, 2.45) is 11.8 Å². The molecule has 0 aliphatic heterocycles. The normalized spacial score (nSPS) is 23.5. The summed E-state index contributed by atoms with van der Waals surface area (Å²) < 4.78 is 9.52. The molecule has 5 heteroatoms. The number of nitrogens with zero attached hydrogens (tertiary/aromatic N) is 1. The van der Waals surface area contributed by atoms with Gasteiger partial charge in [0.25, 0.3) is 0 Å². The lowest BCUT2D eigenvalue weighted by molar-refractivity contribution is -0.157. The number of esters is 2. The first kappa shape index (κ1) is 14.7. The molecule has 0 heterocycles. The Morgan fingerprint density at radius 1 is 1.22 bits per heavy atom. The van der Waals surface area contributed by atoms with Crippen LogP contribution in [-0.2, 0) is 19.1 Å². The molecule has 1 aliphatic rings. The van der Waals surface area contributed by atoms with Crippen molar-refractivity contribution in [1.29, 1.82) is 0 Å². The van der Waals surface area contributed by atoms with E-state index in [0.717, 1.165) is 12.1 Å². The molecule has 1 rings (SSSR count). The van der Waals surface area contributed by atoms with E-state index in [4.69, 9.17) is 9.47 Å². The van der Waals surface area contributed by atoms with Gasteiger partial charge in [-0.15, -0.1) is 0 Å². The largest absolute Gasteiger partial charge is 0.469 e. The summed E-state index contributed by atoms with van der Waals surface area (Å²) in [7, 11) is 6.64. The molecular weight excluding hydrogens is 234 g/mol. The van der Waals surface area contributed by atoms with Gasteiger partial charge >= 0.3 is 11.9 Å². The summed E-state index contributed by atoms with van der Waals surface area (Å²) in [6, 6.07) is 0. The molecule has 0 aromatic carbocycles. The number of likely N-dealkylation sites (N-methyl/N-ethyl adjacent to an activating group) is 1. The van der Waals surface area contributed by atoms with Crippen LogP contribution in [0.2, 0.25) is 0 Å². The Balaban J connectivity index is 2.84. The maximum Gasteiger partial charge on any atom is 0.309 e. The van der Waals surface area contributed by atoms with Crippen LogP contribution in [0.5, 0.6) is 0 Å². The van der Waals surface area contributed by atoms with E-state index in [9.17, 15) is 9.59 Å². The van der Waals surface area contributed by atoms with E-state index in [-0.39, 0.29) is 11.9 Å². The van der Waals surface area contributed by atoms with Crippen molar-refractivity contribution in [3.05, 3.63) is 11.6 Å². The fourth-order valence-corrected chi connectivity index (χ4v) is 2.31. The summed E-state index contributed by atoms with van der Waals surface area (Å²) in [5, 5.41) is 0. The first-order chi connectivity index (χ1) is 8.49. The quantitative estimate of drug-likeness (QED) is 0.550. The number of allylic oxidation sites excluding steroid dienone is 1. The smallest absolute Gasteiger partial charge is 0.309 e. The van der Waals surface area contributed by atoms with E-state index in [1.165, 1.54) is 14.2 Å². The predicted molar refractivity (Wildman–Crippen MR) is 66.9 cm³/mol. The van der Waals surface area contributed by atoms with Gasteiger partial charge in [0.1, 0.15) is 0 Å². The molecule has 0 aromatic rings. The molecule has 2 atom stereocenters. The lowest BCUT2D eigenvalue weighted by Crippen LogP contribution is -2.35. The zero-order valence-electron chi connectivity index (χ0n) is 11.4. The highest BCUT2D eigenvalue weighted by molar-refractivity contribution is 5.82. The molecule has 0 spiro atoms. The molecule has 1 aliphatic carbocycles. The monoisotopic (exact) mass is 255 g/mol. The van der Waals surface area contributed by atoms with E-state index in [1.807, 2.05) is 25.1 Å². The Morgan fingerprint density at radius 2 is 1.78 bits per heavy atom. The highest BCUT2D eigenvalue weighted by atomic mass is 16.5. The summed E-state index contributed by atoms with van der Waals surface area (Å²) in [5.41, 5.74) is 1.16. The van der Waals surface area contributed by atoms with Crippen molar-refractivity contribution >= 4 is 11.9 Å². The minimum atomic E-state index is -0.428. The van der Waals surface area contributed by atoms with Gasteiger partial charge in [-0.1, -0.05) is 11.6 Å². The predicted octanol–water partition coefficient (Wildman–Crippen LogP) is 0.847. The summed E-state index contributed by atoms with van der Waals surface area (Å²) in [6.45, 7) is 0.793. The molecular formula is C13H21NO4. The second-order valence-electron chi connectivity index (χ2n) is 4.80. The minimum Gasteiger partial charge on any atom is -0.469 e. The molecule has 0 saturated carbocycles. The lowest BCUT2D eigenvalue weighted by Gasteiger charge is -2.28. The molecule has 0 aromatic heterocycles. The van der Waals surface area contributed by atoms with Crippen molar-refractivity contribution in [2.75, 3.05) is 34.9 Å². The molecule has 0 radical (unpaired) electrons. The fraction of sp³-hybridized carbons (Fsp3) is 0.692. The number of hydrogen-bond donors (Lipinski definition) is 0. The fourth-order valence-electron chi connectivity index (χ4n) is 2.31. The van der Waals surface area contributed by atoms with Crippen LogP contribution in [0.1, 0.15) is 12.8 Å². The highest BCUT2D eigenvalue weighted by Crippen LogP contribution is 2.31. The lowest BCUT2D eigenvalue weighted by atomic mass is 9.79. The summed E-state index contributed by atoms with van der Waals surface area (Å²) in [6.07, 6.45) is 3.13. The van der Waals surface area contributed by atoms with Crippen LogP contribution in [0.3, 0.4) is 0 Å². The first-order valence-electron chi connectivity index (χ1n) is 5.97. The second-order valence-corrected chi connectivity index (χ2v) is 4.80. The van der Waals surface area contributed by atoms with Gasteiger partial charge in [-0.2, -0.15) is 0 Å². The van der Waals surface area contributed by atoms with E-state index in [0.29, 0.717) is 12.8 Å². The van der Waals surface area contributed by atoms with Crippen LogP contribution in [0.25, 0.3) is 0 Å². The van der Waals surface area contributed by atoms with Gasteiger partial charge in [0.15, 0.2) is 0 Å². The third kappa shape index (κ3) is 3.57. The van der Waals surface area contributed by atoms with Crippen molar-refractivity contribution < 1.29 is 19.1 Å². The Morgan fingerprint density at radius 3 is 2.28 bits per heavy atom. The van der Waals surface area contributed by atoms with Crippen molar-refractivity contribution in [1.82, 2.24) is 4.90 Å². The Hall–Kier alpha value is -1.36. The Labute approximate surface area is 108 Å². The summed E-state index contributed by atoms with van der Waals surface area (Å²) in [5.74, 6) is -1.53. The number of carbonyl (C=O) groups is 2. The van der Waals surface area contributed by atoms with Gasteiger partial charge in [0.05, 0.1) is 26.1 Å². The van der Waals surface area contributed by atoms with Crippen LogP contribution >= 0.6 is 0 Å². The average molecular weight is 255 g/mol. The van der Waals surface area contributed by atoms with Crippen LogP contribution in [0, 0.1) is 11.8 Å². The molecule has 18 heavy (non-hydrogen) atoms. The molecule has 0 fully saturated rings. The number of rotatable bonds is 4. The van der Waals surface area contributed by atoms with Gasteiger partial charge in [-0.25, -0.2) is 0 Å². The van der Waals surface area contributed by atoms with Crippen LogP contribution < -0.4 is 0 Å². The third-order valence-electron chi connectivity index (χ3n) is 3.16. The van der Waals surface area contributed by atoms with Gasteiger partial charge in [0, 0.05) is 6.54 Å². The first-order valence-corrected chi connectivity index (χ1v) is 5.97. The topological polar surface area (TPSA) is 55.8 Å². The molecule has 0 unspecified atom stereocenters. The summed E-state index contributed by atoms with van der Waals surface area (Å²) >= 11 is 0. The maximum absolute atomic E-state index is 11.8. The highest BCUT2D eigenvalue weighted by Gasteiger charge is 2.37. The molecule has 0 bridgehead atoms. The van der Waals surface area contributed by atoms with Crippen molar-refractivity contribution in [3.8, 4) is 0 Å². The SMILES string of the molecule is COC(=O)[C@@H]1CC=C(CN(C)C)C[C@H]1C(=O)OC. The molecule has 102 valence electrons. The second kappa shape index (κ2) is 6.54. The maximum atomic E-state index is 11.8. The van der Waals surface area contributed by atoms with Crippen molar-refractivity contribution in [3.63, 3.8) is 0 Å². The molecule has 0 N–H and O–H groups in total. The molecule has 0 saturated heterocycles. The van der Waals surface area contributed by atoms with E-state index in [2.05, 4.69) is 0 Å². The van der Waals surface area contributed by atoms with E-state index >= 15 is 0 Å². The average Bonchev–Trinajstić information content (AvgIpc) is 2.36. The molecule has 0 amide bonds.